The van der Waals surface area contributed by atoms with Crippen LogP contribution in [0, 0.1) is 0 Å². The van der Waals surface area contributed by atoms with Crippen molar-refractivity contribution in [3.05, 3.63) is 28.8 Å². The van der Waals surface area contributed by atoms with Crippen molar-refractivity contribution in [3.8, 4) is 5.75 Å². The van der Waals surface area contributed by atoms with E-state index in [-0.39, 0.29) is 0 Å². The summed E-state index contributed by atoms with van der Waals surface area (Å²) in [6.45, 7) is 0.776. The summed E-state index contributed by atoms with van der Waals surface area (Å²) in [5, 5.41) is 4.53. The fraction of sp³-hybridized carbons (Fsp3) is 0.500. The van der Waals surface area contributed by atoms with Gasteiger partial charge in [0.1, 0.15) is 5.75 Å². The molecule has 88 valence electrons. The number of hydrogen-bond donors (Lipinski definition) is 1. The first kappa shape index (κ1) is 12.0. The maximum atomic E-state index is 5.96. The fourth-order valence-electron chi connectivity index (χ4n) is 1.85. The second kappa shape index (κ2) is 5.26. The SMILES string of the molecule is COc1ccc(Cl)cc1CNC1CC(Cl)C1. The van der Waals surface area contributed by atoms with Crippen molar-refractivity contribution < 1.29 is 4.74 Å². The van der Waals surface area contributed by atoms with Gasteiger partial charge in [0.2, 0.25) is 0 Å². The van der Waals surface area contributed by atoms with Gasteiger partial charge in [-0.1, -0.05) is 11.6 Å². The van der Waals surface area contributed by atoms with E-state index in [1.54, 1.807) is 7.11 Å². The molecule has 0 aromatic heterocycles. The minimum atomic E-state index is 0.346. The molecule has 16 heavy (non-hydrogen) atoms. The second-order valence-corrected chi connectivity index (χ2v) is 5.16. The van der Waals surface area contributed by atoms with Gasteiger partial charge < -0.3 is 10.1 Å². The number of nitrogens with one attached hydrogen (secondary N) is 1. The van der Waals surface area contributed by atoms with Gasteiger partial charge in [0, 0.05) is 28.5 Å². The maximum absolute atomic E-state index is 5.96. The van der Waals surface area contributed by atoms with Crippen molar-refractivity contribution in [2.45, 2.75) is 30.8 Å². The molecule has 1 N–H and O–H groups in total. The lowest BCUT2D eigenvalue weighted by Crippen LogP contribution is -2.41. The molecule has 0 amide bonds. The van der Waals surface area contributed by atoms with E-state index in [2.05, 4.69) is 5.32 Å². The molecule has 2 rings (SSSR count). The quantitative estimate of drug-likeness (QED) is 0.839. The Morgan fingerprint density at radius 2 is 2.19 bits per heavy atom. The van der Waals surface area contributed by atoms with Gasteiger partial charge in [-0.2, -0.15) is 0 Å². The lowest BCUT2D eigenvalue weighted by Gasteiger charge is -2.31. The summed E-state index contributed by atoms with van der Waals surface area (Å²) < 4.78 is 5.28. The van der Waals surface area contributed by atoms with Gasteiger partial charge >= 0.3 is 0 Å². The molecule has 1 saturated carbocycles. The highest BCUT2D eigenvalue weighted by Crippen LogP contribution is 2.27. The number of hydrogen-bond acceptors (Lipinski definition) is 2. The Hall–Kier alpha value is -0.440. The molecular formula is C12H15Cl2NO. The fourth-order valence-corrected chi connectivity index (χ4v) is 2.48. The number of halogens is 2. The maximum Gasteiger partial charge on any atom is 0.123 e. The molecule has 0 radical (unpaired) electrons. The normalized spacial score (nSPS) is 23.9. The minimum Gasteiger partial charge on any atom is -0.496 e. The summed E-state index contributed by atoms with van der Waals surface area (Å²) in [7, 11) is 1.67. The van der Waals surface area contributed by atoms with Crippen molar-refractivity contribution >= 4 is 23.2 Å². The van der Waals surface area contributed by atoms with E-state index < -0.39 is 0 Å². The zero-order valence-electron chi connectivity index (χ0n) is 9.17. The number of ether oxygens (including phenoxy) is 1. The third-order valence-electron chi connectivity index (χ3n) is 2.90. The Kier molecular flexibility index (Phi) is 3.95. The van der Waals surface area contributed by atoms with E-state index in [1.165, 1.54) is 0 Å². The standard InChI is InChI=1S/C12H15Cl2NO/c1-16-12-3-2-9(13)4-8(12)7-15-11-5-10(14)6-11/h2-4,10-11,15H,5-7H2,1H3. The van der Waals surface area contributed by atoms with E-state index in [9.17, 15) is 0 Å². The molecule has 0 atom stereocenters. The number of methoxy groups -OCH3 is 1. The topological polar surface area (TPSA) is 21.3 Å². The molecule has 0 bridgehead atoms. The second-order valence-electron chi connectivity index (χ2n) is 4.10. The molecule has 1 aromatic rings. The van der Waals surface area contributed by atoms with Crippen LogP contribution in [0.25, 0.3) is 0 Å². The third kappa shape index (κ3) is 2.82. The summed E-state index contributed by atoms with van der Waals surface area (Å²) in [6, 6.07) is 6.20. The van der Waals surface area contributed by atoms with Gasteiger partial charge in [-0.05, 0) is 31.0 Å². The highest BCUT2D eigenvalue weighted by atomic mass is 35.5. The van der Waals surface area contributed by atoms with E-state index >= 15 is 0 Å². The molecule has 0 saturated heterocycles. The molecular weight excluding hydrogens is 245 g/mol. The van der Waals surface area contributed by atoms with Crippen LogP contribution in [0.3, 0.4) is 0 Å². The Bertz CT molecular complexity index is 364. The van der Waals surface area contributed by atoms with Gasteiger partial charge in [0.05, 0.1) is 7.11 Å². The predicted molar refractivity (Wildman–Crippen MR) is 67.5 cm³/mol. The van der Waals surface area contributed by atoms with E-state index in [0.29, 0.717) is 11.4 Å². The molecule has 1 aliphatic carbocycles. The highest BCUT2D eigenvalue weighted by Gasteiger charge is 2.26. The van der Waals surface area contributed by atoms with Crippen molar-refractivity contribution in [3.63, 3.8) is 0 Å². The number of alkyl halides is 1. The van der Waals surface area contributed by atoms with Crippen LogP contribution >= 0.6 is 23.2 Å². The largest absolute Gasteiger partial charge is 0.496 e. The minimum absolute atomic E-state index is 0.346. The van der Waals surface area contributed by atoms with Crippen molar-refractivity contribution in [2.24, 2.45) is 0 Å². The summed E-state index contributed by atoms with van der Waals surface area (Å²) in [4.78, 5) is 0. The van der Waals surface area contributed by atoms with Gasteiger partial charge in [-0.25, -0.2) is 0 Å². The van der Waals surface area contributed by atoms with E-state index in [0.717, 1.165) is 35.7 Å². The van der Waals surface area contributed by atoms with Gasteiger partial charge in [0.15, 0.2) is 0 Å². The van der Waals surface area contributed by atoms with Crippen LogP contribution in [0.15, 0.2) is 18.2 Å². The number of rotatable bonds is 4. The Balaban J connectivity index is 1.94. The average molecular weight is 260 g/mol. The van der Waals surface area contributed by atoms with Crippen LogP contribution < -0.4 is 10.1 Å². The van der Waals surface area contributed by atoms with Crippen LogP contribution in [0.2, 0.25) is 5.02 Å². The Morgan fingerprint density at radius 3 is 2.81 bits per heavy atom. The van der Waals surface area contributed by atoms with Crippen molar-refractivity contribution in [1.29, 1.82) is 0 Å². The molecule has 2 nitrogen and oxygen atoms in total. The lowest BCUT2D eigenvalue weighted by atomic mass is 9.92. The van der Waals surface area contributed by atoms with Crippen molar-refractivity contribution in [1.82, 2.24) is 5.32 Å². The summed E-state index contributed by atoms with van der Waals surface area (Å²) >= 11 is 11.9. The molecule has 1 fully saturated rings. The summed E-state index contributed by atoms with van der Waals surface area (Å²) in [5.41, 5.74) is 1.09. The monoisotopic (exact) mass is 259 g/mol. The molecule has 0 aliphatic heterocycles. The van der Waals surface area contributed by atoms with E-state index in [1.807, 2.05) is 18.2 Å². The molecule has 4 heteroatoms. The summed E-state index contributed by atoms with van der Waals surface area (Å²) in [5.74, 6) is 0.874. The van der Waals surface area contributed by atoms with Crippen molar-refractivity contribution in [2.75, 3.05) is 7.11 Å². The molecule has 0 heterocycles. The van der Waals surface area contributed by atoms with Crippen LogP contribution in [-0.4, -0.2) is 18.5 Å². The first-order valence-corrected chi connectivity index (χ1v) is 6.20. The molecule has 1 aliphatic rings. The average Bonchev–Trinajstić information content (AvgIpc) is 2.23. The smallest absolute Gasteiger partial charge is 0.123 e. The van der Waals surface area contributed by atoms with Crippen LogP contribution in [0.1, 0.15) is 18.4 Å². The molecule has 1 aromatic carbocycles. The van der Waals surface area contributed by atoms with Crippen LogP contribution in [0.4, 0.5) is 0 Å². The van der Waals surface area contributed by atoms with Crippen LogP contribution in [0.5, 0.6) is 5.75 Å². The predicted octanol–water partition coefficient (Wildman–Crippen LogP) is 3.21. The molecule has 0 spiro atoms. The van der Waals surface area contributed by atoms with E-state index in [4.69, 9.17) is 27.9 Å². The summed E-state index contributed by atoms with van der Waals surface area (Å²) in [6.07, 6.45) is 2.09. The Morgan fingerprint density at radius 1 is 1.44 bits per heavy atom. The first-order chi connectivity index (χ1) is 7.69. The number of benzene rings is 1. The third-order valence-corrected chi connectivity index (χ3v) is 3.50. The van der Waals surface area contributed by atoms with Gasteiger partial charge in [0.25, 0.3) is 0 Å². The van der Waals surface area contributed by atoms with Crippen LogP contribution in [-0.2, 0) is 6.54 Å². The zero-order valence-corrected chi connectivity index (χ0v) is 10.7. The Labute approximate surface area is 106 Å². The zero-order chi connectivity index (χ0) is 11.5. The van der Waals surface area contributed by atoms with Gasteiger partial charge in [-0.3, -0.25) is 0 Å². The highest BCUT2D eigenvalue weighted by molar-refractivity contribution is 6.30. The first-order valence-electron chi connectivity index (χ1n) is 5.39. The lowest BCUT2D eigenvalue weighted by molar-refractivity contribution is 0.340. The van der Waals surface area contributed by atoms with Gasteiger partial charge in [-0.15, -0.1) is 11.6 Å². The molecule has 0 unspecified atom stereocenters.